The Hall–Kier alpha value is -3.48. The van der Waals surface area contributed by atoms with Crippen LogP contribution in [0.25, 0.3) is 0 Å². The third-order valence-electron chi connectivity index (χ3n) is 4.92. The Bertz CT molecular complexity index is 990. The van der Waals surface area contributed by atoms with Gasteiger partial charge < -0.3 is 10.1 Å². The molecule has 3 amide bonds. The van der Waals surface area contributed by atoms with Gasteiger partial charge in [-0.2, -0.15) is 0 Å². The number of carbonyl (C=O) groups is 4. The molecule has 1 aliphatic rings. The van der Waals surface area contributed by atoms with Crippen LogP contribution in [0.3, 0.4) is 0 Å². The van der Waals surface area contributed by atoms with E-state index >= 15 is 0 Å². The molecular weight excluding hydrogens is 372 g/mol. The summed E-state index contributed by atoms with van der Waals surface area (Å²) >= 11 is 0. The van der Waals surface area contributed by atoms with Gasteiger partial charge in [-0.15, -0.1) is 0 Å². The maximum atomic E-state index is 12.3. The number of hydrogen-bond acceptors (Lipinski definition) is 5. The zero-order chi connectivity index (χ0) is 21.1. The van der Waals surface area contributed by atoms with Crippen LogP contribution in [0.1, 0.15) is 56.0 Å². The number of rotatable bonds is 6. The number of anilines is 1. The van der Waals surface area contributed by atoms with Gasteiger partial charge in [-0.05, 0) is 42.2 Å². The molecule has 0 radical (unpaired) electrons. The van der Waals surface area contributed by atoms with Crippen LogP contribution in [0.5, 0.6) is 0 Å². The Morgan fingerprint density at radius 1 is 0.966 bits per heavy atom. The summed E-state index contributed by atoms with van der Waals surface area (Å²) in [5.74, 6) is -2.07. The molecule has 0 saturated heterocycles. The quantitative estimate of drug-likeness (QED) is 0.601. The Morgan fingerprint density at radius 3 is 2.21 bits per heavy atom. The number of carbonyl (C=O) groups excluding carboxylic acids is 4. The first-order valence-corrected chi connectivity index (χ1v) is 9.41. The molecule has 1 heterocycles. The van der Waals surface area contributed by atoms with Crippen molar-refractivity contribution < 1.29 is 23.9 Å². The van der Waals surface area contributed by atoms with Crippen LogP contribution in [0.2, 0.25) is 0 Å². The second kappa shape index (κ2) is 8.26. The topological polar surface area (TPSA) is 92.8 Å². The summed E-state index contributed by atoms with van der Waals surface area (Å²) in [4.78, 5) is 49.6. The summed E-state index contributed by atoms with van der Waals surface area (Å²) in [5, 5.41) is 2.83. The van der Waals surface area contributed by atoms with Crippen LogP contribution < -0.4 is 5.32 Å². The summed E-state index contributed by atoms with van der Waals surface area (Å²) in [7, 11) is 1.38. The van der Waals surface area contributed by atoms with Gasteiger partial charge in [0.25, 0.3) is 17.7 Å². The lowest BCUT2D eigenvalue weighted by molar-refractivity contribution is -0.119. The first-order valence-electron chi connectivity index (χ1n) is 9.41. The molecule has 0 saturated carbocycles. The van der Waals surface area contributed by atoms with Gasteiger partial charge in [0.2, 0.25) is 0 Å². The predicted molar refractivity (Wildman–Crippen MR) is 107 cm³/mol. The molecule has 0 spiro atoms. The average molecular weight is 394 g/mol. The van der Waals surface area contributed by atoms with E-state index in [1.807, 2.05) is 32.0 Å². The maximum Gasteiger partial charge on any atom is 0.338 e. The molecule has 0 aliphatic carbocycles. The van der Waals surface area contributed by atoms with Crippen LogP contribution in [0, 0.1) is 0 Å². The van der Waals surface area contributed by atoms with E-state index in [1.165, 1.54) is 25.2 Å². The number of para-hydroxylation sites is 1. The molecule has 0 aromatic heterocycles. The summed E-state index contributed by atoms with van der Waals surface area (Å²) in [6, 6.07) is 9.98. The predicted octanol–water partition coefficient (Wildman–Crippen LogP) is 2.83. The lowest BCUT2D eigenvalue weighted by Gasteiger charge is -2.14. The first kappa shape index (κ1) is 20.3. The van der Waals surface area contributed by atoms with Gasteiger partial charge in [0.15, 0.2) is 6.61 Å². The molecule has 0 fully saturated rings. The molecule has 3 rings (SSSR count). The van der Waals surface area contributed by atoms with Crippen molar-refractivity contribution >= 4 is 29.4 Å². The largest absolute Gasteiger partial charge is 0.452 e. The van der Waals surface area contributed by atoms with E-state index in [9.17, 15) is 19.2 Å². The van der Waals surface area contributed by atoms with Gasteiger partial charge in [0.05, 0.1) is 16.7 Å². The molecule has 0 unspecified atom stereocenters. The second-order valence-corrected chi connectivity index (χ2v) is 6.71. The lowest BCUT2D eigenvalue weighted by Crippen LogP contribution is -2.24. The van der Waals surface area contributed by atoms with Crippen molar-refractivity contribution in [3.05, 3.63) is 64.2 Å². The van der Waals surface area contributed by atoms with Crippen molar-refractivity contribution in [2.75, 3.05) is 19.0 Å². The summed E-state index contributed by atoms with van der Waals surface area (Å²) in [5.41, 5.74) is 3.28. The van der Waals surface area contributed by atoms with Crippen molar-refractivity contribution in [2.24, 2.45) is 0 Å². The summed E-state index contributed by atoms with van der Waals surface area (Å²) in [6.07, 6.45) is 1.53. The highest BCUT2D eigenvalue weighted by Crippen LogP contribution is 2.24. The molecule has 0 bridgehead atoms. The lowest BCUT2D eigenvalue weighted by atomic mass is 10.0. The molecule has 2 aromatic rings. The summed E-state index contributed by atoms with van der Waals surface area (Å²) in [6.45, 7) is 3.55. The minimum absolute atomic E-state index is 0.108. The molecule has 7 heteroatoms. The fraction of sp³-hybridized carbons (Fsp3) is 0.273. The number of imide groups is 1. The van der Waals surface area contributed by atoms with Crippen LogP contribution in [0.15, 0.2) is 36.4 Å². The molecule has 2 aromatic carbocycles. The second-order valence-electron chi connectivity index (χ2n) is 6.71. The zero-order valence-corrected chi connectivity index (χ0v) is 16.6. The zero-order valence-electron chi connectivity index (χ0n) is 16.6. The van der Waals surface area contributed by atoms with E-state index in [2.05, 4.69) is 5.32 Å². The third kappa shape index (κ3) is 3.89. The maximum absolute atomic E-state index is 12.3. The number of amides is 3. The SMILES string of the molecule is CCc1cccc(CC)c1NC(=O)COC(=O)c1ccc2c(c1)C(=O)N(C)C2=O. The Labute approximate surface area is 168 Å². The summed E-state index contributed by atoms with van der Waals surface area (Å²) < 4.78 is 5.10. The number of fused-ring (bicyclic) bond motifs is 1. The fourth-order valence-corrected chi connectivity index (χ4v) is 3.28. The van der Waals surface area contributed by atoms with Gasteiger partial charge in [-0.3, -0.25) is 19.3 Å². The third-order valence-corrected chi connectivity index (χ3v) is 4.92. The highest BCUT2D eigenvalue weighted by molar-refractivity contribution is 6.21. The van der Waals surface area contributed by atoms with E-state index in [0.29, 0.717) is 0 Å². The molecule has 0 atom stereocenters. The number of esters is 1. The van der Waals surface area contributed by atoms with E-state index in [4.69, 9.17) is 4.74 Å². The first-order chi connectivity index (χ1) is 13.9. The fourth-order valence-electron chi connectivity index (χ4n) is 3.28. The van der Waals surface area contributed by atoms with Crippen molar-refractivity contribution in [2.45, 2.75) is 26.7 Å². The monoisotopic (exact) mass is 394 g/mol. The van der Waals surface area contributed by atoms with E-state index in [-0.39, 0.29) is 16.7 Å². The number of nitrogens with one attached hydrogen (secondary N) is 1. The highest BCUT2D eigenvalue weighted by Gasteiger charge is 2.33. The molecule has 1 aliphatic heterocycles. The average Bonchev–Trinajstić information content (AvgIpc) is 2.95. The molecule has 1 N–H and O–H groups in total. The van der Waals surface area contributed by atoms with Gasteiger partial charge in [-0.1, -0.05) is 32.0 Å². The highest BCUT2D eigenvalue weighted by atomic mass is 16.5. The smallest absolute Gasteiger partial charge is 0.338 e. The van der Waals surface area contributed by atoms with E-state index in [0.717, 1.165) is 34.6 Å². The Balaban J connectivity index is 1.67. The van der Waals surface area contributed by atoms with E-state index in [1.54, 1.807) is 0 Å². The standard InChI is InChI=1S/C22H22N2O5/c1-4-13-7-6-8-14(5-2)19(13)23-18(25)12-29-22(28)15-9-10-16-17(11-15)21(27)24(3)20(16)26/h6-11H,4-5,12H2,1-3H3,(H,23,25). The number of nitrogens with zero attached hydrogens (tertiary/aromatic N) is 1. The van der Waals surface area contributed by atoms with Gasteiger partial charge in [0, 0.05) is 12.7 Å². The van der Waals surface area contributed by atoms with Crippen molar-refractivity contribution in [3.63, 3.8) is 0 Å². The van der Waals surface area contributed by atoms with Crippen LogP contribution in [-0.2, 0) is 22.4 Å². The Morgan fingerprint density at radius 2 is 1.59 bits per heavy atom. The van der Waals surface area contributed by atoms with Crippen LogP contribution in [-0.4, -0.2) is 42.2 Å². The Kier molecular flexibility index (Phi) is 5.77. The number of ether oxygens (including phenoxy) is 1. The van der Waals surface area contributed by atoms with Crippen molar-refractivity contribution in [1.29, 1.82) is 0 Å². The van der Waals surface area contributed by atoms with Crippen molar-refractivity contribution in [3.8, 4) is 0 Å². The van der Waals surface area contributed by atoms with E-state index < -0.39 is 30.3 Å². The number of hydrogen-bond donors (Lipinski definition) is 1. The number of benzene rings is 2. The molecule has 29 heavy (non-hydrogen) atoms. The minimum Gasteiger partial charge on any atom is -0.452 e. The number of aryl methyl sites for hydroxylation is 2. The van der Waals surface area contributed by atoms with Crippen LogP contribution in [0.4, 0.5) is 5.69 Å². The van der Waals surface area contributed by atoms with Gasteiger partial charge in [0.1, 0.15) is 0 Å². The van der Waals surface area contributed by atoms with Crippen molar-refractivity contribution in [1.82, 2.24) is 4.90 Å². The van der Waals surface area contributed by atoms with Gasteiger partial charge >= 0.3 is 5.97 Å². The molecular formula is C22H22N2O5. The molecule has 7 nitrogen and oxygen atoms in total. The van der Waals surface area contributed by atoms with Gasteiger partial charge in [-0.25, -0.2) is 4.79 Å². The minimum atomic E-state index is -0.739. The van der Waals surface area contributed by atoms with Crippen LogP contribution >= 0.6 is 0 Å². The normalized spacial score (nSPS) is 12.7. The molecule has 150 valence electrons.